The van der Waals surface area contributed by atoms with Gasteiger partial charge >= 0.3 is 0 Å². The number of para-hydroxylation sites is 1. The fourth-order valence-electron chi connectivity index (χ4n) is 2.49. The molecule has 0 aliphatic rings. The predicted molar refractivity (Wildman–Crippen MR) is 108 cm³/mol. The minimum Gasteiger partial charge on any atom is -0.488 e. The molecule has 0 saturated carbocycles. The Hall–Kier alpha value is -3.18. The van der Waals surface area contributed by atoms with E-state index in [0.717, 1.165) is 11.1 Å². The summed E-state index contributed by atoms with van der Waals surface area (Å²) < 4.78 is 18.7. The van der Waals surface area contributed by atoms with Gasteiger partial charge in [0.25, 0.3) is 0 Å². The van der Waals surface area contributed by atoms with Crippen LogP contribution in [0.25, 0.3) is 0 Å². The van der Waals surface area contributed by atoms with Crippen molar-refractivity contribution in [1.82, 2.24) is 5.43 Å². The molecular formula is C22H18ClFN2O2. The van der Waals surface area contributed by atoms with Crippen molar-refractivity contribution in [2.45, 2.75) is 13.0 Å². The molecule has 0 saturated heterocycles. The molecule has 3 aromatic carbocycles. The Morgan fingerprint density at radius 1 is 1.04 bits per heavy atom. The number of hydrogen-bond donors (Lipinski definition) is 1. The van der Waals surface area contributed by atoms with Crippen molar-refractivity contribution in [1.29, 1.82) is 0 Å². The maximum Gasteiger partial charge on any atom is 0.244 e. The maximum atomic E-state index is 12.9. The van der Waals surface area contributed by atoms with Crippen molar-refractivity contribution in [3.63, 3.8) is 0 Å². The number of nitrogens with zero attached hydrogens (tertiary/aromatic N) is 1. The van der Waals surface area contributed by atoms with Crippen LogP contribution in [0.3, 0.4) is 0 Å². The van der Waals surface area contributed by atoms with E-state index in [4.69, 9.17) is 16.3 Å². The molecule has 0 aromatic heterocycles. The molecule has 0 radical (unpaired) electrons. The molecule has 0 aliphatic heterocycles. The normalized spacial score (nSPS) is 10.8. The Morgan fingerprint density at radius 2 is 1.75 bits per heavy atom. The minimum atomic E-state index is -0.337. The lowest BCUT2D eigenvalue weighted by Crippen LogP contribution is -2.19. The van der Waals surface area contributed by atoms with Crippen LogP contribution in [0.15, 0.2) is 77.9 Å². The number of halogens is 2. The summed E-state index contributed by atoms with van der Waals surface area (Å²) in [5.74, 6) is -0.00754. The summed E-state index contributed by atoms with van der Waals surface area (Å²) in [5.41, 5.74) is 4.77. The zero-order chi connectivity index (χ0) is 19.8. The highest BCUT2D eigenvalue weighted by atomic mass is 35.5. The number of hydrazone groups is 1. The van der Waals surface area contributed by atoms with Gasteiger partial charge in [-0.2, -0.15) is 5.10 Å². The van der Waals surface area contributed by atoms with Crippen LogP contribution in [-0.4, -0.2) is 12.1 Å². The Morgan fingerprint density at radius 3 is 2.54 bits per heavy atom. The van der Waals surface area contributed by atoms with Crippen LogP contribution in [0.4, 0.5) is 4.39 Å². The zero-order valence-corrected chi connectivity index (χ0v) is 15.7. The van der Waals surface area contributed by atoms with Crippen LogP contribution in [0, 0.1) is 5.82 Å². The first-order valence-corrected chi connectivity index (χ1v) is 9.01. The fraction of sp³-hybridized carbons (Fsp3) is 0.0909. The number of carbonyl (C=O) groups is 1. The van der Waals surface area contributed by atoms with Crippen LogP contribution in [-0.2, 0) is 17.8 Å². The third-order valence-electron chi connectivity index (χ3n) is 3.93. The number of rotatable bonds is 7. The van der Waals surface area contributed by atoms with Crippen molar-refractivity contribution in [3.8, 4) is 5.75 Å². The SMILES string of the molecule is O=C(Cc1ccc(F)cc1)N/N=C/c1ccccc1OCc1ccccc1Cl. The highest BCUT2D eigenvalue weighted by Gasteiger charge is 2.05. The van der Waals surface area contributed by atoms with Gasteiger partial charge < -0.3 is 4.74 Å². The van der Waals surface area contributed by atoms with Crippen molar-refractivity contribution >= 4 is 23.7 Å². The third-order valence-corrected chi connectivity index (χ3v) is 4.30. The molecule has 0 unspecified atom stereocenters. The summed E-state index contributed by atoms with van der Waals surface area (Å²) in [6.07, 6.45) is 1.63. The first-order chi connectivity index (χ1) is 13.6. The molecule has 28 heavy (non-hydrogen) atoms. The summed E-state index contributed by atoms with van der Waals surface area (Å²) in [5, 5.41) is 4.62. The number of hydrogen-bond acceptors (Lipinski definition) is 3. The van der Waals surface area contributed by atoms with E-state index >= 15 is 0 Å². The second kappa shape index (κ2) is 9.67. The number of ether oxygens (including phenoxy) is 1. The predicted octanol–water partition coefficient (Wildman–Crippen LogP) is 4.75. The first kappa shape index (κ1) is 19.6. The van der Waals surface area contributed by atoms with Gasteiger partial charge in [0.1, 0.15) is 18.2 Å². The van der Waals surface area contributed by atoms with Gasteiger partial charge in [0.05, 0.1) is 12.6 Å². The minimum absolute atomic E-state index is 0.113. The van der Waals surface area contributed by atoms with E-state index in [9.17, 15) is 9.18 Å². The molecule has 4 nitrogen and oxygen atoms in total. The lowest BCUT2D eigenvalue weighted by atomic mass is 10.1. The highest BCUT2D eigenvalue weighted by molar-refractivity contribution is 6.31. The van der Waals surface area contributed by atoms with Crippen LogP contribution in [0.5, 0.6) is 5.75 Å². The van der Waals surface area contributed by atoms with Crippen molar-refractivity contribution < 1.29 is 13.9 Å². The molecule has 3 aromatic rings. The average Bonchev–Trinajstić information content (AvgIpc) is 2.70. The van der Waals surface area contributed by atoms with Gasteiger partial charge in [0.15, 0.2) is 0 Å². The molecule has 0 heterocycles. The standard InChI is InChI=1S/C22H18ClFN2O2/c23-20-7-3-1-6-18(20)15-28-21-8-4-2-5-17(21)14-25-26-22(27)13-16-9-11-19(24)12-10-16/h1-12,14H,13,15H2,(H,26,27)/b25-14+. The topological polar surface area (TPSA) is 50.7 Å². The van der Waals surface area contributed by atoms with E-state index in [1.807, 2.05) is 48.5 Å². The molecule has 6 heteroatoms. The number of nitrogens with one attached hydrogen (secondary N) is 1. The van der Waals surface area contributed by atoms with Gasteiger partial charge in [-0.3, -0.25) is 4.79 Å². The van der Waals surface area contributed by atoms with E-state index in [-0.39, 0.29) is 18.1 Å². The van der Waals surface area contributed by atoms with Crippen LogP contribution >= 0.6 is 11.6 Å². The first-order valence-electron chi connectivity index (χ1n) is 8.63. The highest BCUT2D eigenvalue weighted by Crippen LogP contribution is 2.20. The van der Waals surface area contributed by atoms with Crippen molar-refractivity contribution in [2.75, 3.05) is 0 Å². The summed E-state index contributed by atoms with van der Waals surface area (Å²) in [7, 11) is 0. The monoisotopic (exact) mass is 396 g/mol. The molecule has 1 N–H and O–H groups in total. The van der Waals surface area contributed by atoms with E-state index < -0.39 is 0 Å². The number of carbonyl (C=O) groups excluding carboxylic acids is 1. The maximum absolute atomic E-state index is 12.9. The van der Waals surface area contributed by atoms with E-state index in [2.05, 4.69) is 10.5 Å². The number of amides is 1. The Kier molecular flexibility index (Phi) is 6.76. The molecule has 1 amide bonds. The van der Waals surface area contributed by atoms with Crippen molar-refractivity contribution in [2.24, 2.45) is 5.10 Å². The Balaban J connectivity index is 1.58. The van der Waals surface area contributed by atoms with Gasteiger partial charge in [0, 0.05) is 16.1 Å². The molecule has 0 spiro atoms. The van der Waals surface area contributed by atoms with Crippen LogP contribution in [0.1, 0.15) is 16.7 Å². The lowest BCUT2D eigenvalue weighted by Gasteiger charge is -2.10. The van der Waals surface area contributed by atoms with Crippen LogP contribution in [0.2, 0.25) is 5.02 Å². The van der Waals surface area contributed by atoms with E-state index in [0.29, 0.717) is 22.9 Å². The summed E-state index contributed by atoms with van der Waals surface area (Å²) in [6, 6.07) is 20.6. The largest absolute Gasteiger partial charge is 0.488 e. The zero-order valence-electron chi connectivity index (χ0n) is 14.9. The Bertz CT molecular complexity index is 974. The summed E-state index contributed by atoms with van der Waals surface area (Å²) in [6.45, 7) is 0.321. The van der Waals surface area contributed by atoms with Gasteiger partial charge in [-0.15, -0.1) is 0 Å². The molecule has 0 atom stereocenters. The average molecular weight is 397 g/mol. The van der Waals surface area contributed by atoms with Crippen LogP contribution < -0.4 is 10.2 Å². The molecule has 0 bridgehead atoms. The lowest BCUT2D eigenvalue weighted by molar-refractivity contribution is -0.120. The Labute approximate surface area is 167 Å². The molecular weight excluding hydrogens is 379 g/mol. The van der Waals surface area contributed by atoms with Gasteiger partial charge in [-0.25, -0.2) is 9.82 Å². The third kappa shape index (κ3) is 5.66. The van der Waals surface area contributed by atoms with Gasteiger partial charge in [-0.1, -0.05) is 54.1 Å². The van der Waals surface area contributed by atoms with E-state index in [1.54, 1.807) is 12.1 Å². The van der Waals surface area contributed by atoms with Gasteiger partial charge in [0.2, 0.25) is 5.91 Å². The molecule has 3 rings (SSSR count). The molecule has 0 fully saturated rings. The van der Waals surface area contributed by atoms with Gasteiger partial charge in [-0.05, 0) is 35.9 Å². The molecule has 0 aliphatic carbocycles. The molecule has 142 valence electrons. The second-order valence-electron chi connectivity index (χ2n) is 6.01. The smallest absolute Gasteiger partial charge is 0.244 e. The quantitative estimate of drug-likeness (QED) is 0.462. The second-order valence-corrected chi connectivity index (χ2v) is 6.42. The summed E-state index contributed by atoms with van der Waals surface area (Å²) in [4.78, 5) is 12.0. The summed E-state index contributed by atoms with van der Waals surface area (Å²) >= 11 is 6.15. The number of benzene rings is 3. The van der Waals surface area contributed by atoms with E-state index in [1.165, 1.54) is 18.3 Å². The fourth-order valence-corrected chi connectivity index (χ4v) is 2.68. The van der Waals surface area contributed by atoms with Crippen molar-refractivity contribution in [3.05, 3.63) is 100 Å².